The Hall–Kier alpha value is -3.12. The summed E-state index contributed by atoms with van der Waals surface area (Å²) in [4.78, 5) is 27.9. The highest BCUT2D eigenvalue weighted by Crippen LogP contribution is 2.40. The van der Waals surface area contributed by atoms with E-state index >= 15 is 0 Å². The van der Waals surface area contributed by atoms with Gasteiger partial charge in [0, 0.05) is 42.4 Å². The van der Waals surface area contributed by atoms with Crippen LogP contribution >= 0.6 is 0 Å². The van der Waals surface area contributed by atoms with Crippen LogP contribution in [0.1, 0.15) is 83.0 Å². The van der Waals surface area contributed by atoms with Gasteiger partial charge in [0.05, 0.1) is 5.60 Å². The summed E-state index contributed by atoms with van der Waals surface area (Å²) in [5, 5.41) is 11.8. The lowest BCUT2D eigenvalue weighted by Gasteiger charge is -2.47. The van der Waals surface area contributed by atoms with E-state index in [1.54, 1.807) is 6.07 Å². The third-order valence-electron chi connectivity index (χ3n) is 10.2. The number of nitrogens with zero attached hydrogens (tertiary/aromatic N) is 1. The van der Waals surface area contributed by atoms with E-state index in [-0.39, 0.29) is 18.2 Å². The number of hydrogen-bond acceptors (Lipinski definition) is 5. The zero-order chi connectivity index (χ0) is 28.8. The molecule has 6 heteroatoms. The molecule has 2 heterocycles. The molecule has 2 unspecified atom stereocenters. The van der Waals surface area contributed by atoms with Gasteiger partial charge in [-0.2, -0.15) is 0 Å². The molecule has 1 aliphatic carbocycles. The molecule has 1 aliphatic heterocycles. The van der Waals surface area contributed by atoms with Gasteiger partial charge in [0.15, 0.2) is 0 Å². The summed E-state index contributed by atoms with van der Waals surface area (Å²) in [6, 6.07) is 5.65. The minimum Gasteiger partial charge on any atom is -0.489 e. The number of fused-ring (bicyclic) bond motifs is 2. The summed E-state index contributed by atoms with van der Waals surface area (Å²) in [5.74, 6) is 0.859. The average molecular weight is 546 g/mol. The highest BCUT2D eigenvalue weighted by Gasteiger charge is 2.43. The number of carbonyl (C=O) groups is 1. The SMILES string of the molecule is Cc1c(C)c(C)c(COc2ccc3c(C)c(CCC(=O)N4CCC5(O)CCCCC5C4)c(=O)oc3c2)c(C)c1C. The van der Waals surface area contributed by atoms with Crippen molar-refractivity contribution in [1.29, 1.82) is 0 Å². The van der Waals surface area contributed by atoms with Crippen LogP contribution in [0.5, 0.6) is 5.75 Å². The molecule has 1 saturated carbocycles. The van der Waals surface area contributed by atoms with Gasteiger partial charge in [-0.25, -0.2) is 4.79 Å². The van der Waals surface area contributed by atoms with Crippen LogP contribution in [0.3, 0.4) is 0 Å². The van der Waals surface area contributed by atoms with Gasteiger partial charge in [-0.15, -0.1) is 0 Å². The molecule has 2 fully saturated rings. The van der Waals surface area contributed by atoms with Crippen molar-refractivity contribution in [3.8, 4) is 5.75 Å². The molecule has 6 nitrogen and oxygen atoms in total. The fourth-order valence-electron chi connectivity index (χ4n) is 6.89. The largest absolute Gasteiger partial charge is 0.489 e. The fourth-order valence-corrected chi connectivity index (χ4v) is 6.89. The number of amides is 1. The van der Waals surface area contributed by atoms with Crippen molar-refractivity contribution in [3.63, 3.8) is 0 Å². The molecule has 40 heavy (non-hydrogen) atoms. The zero-order valence-electron chi connectivity index (χ0n) is 24.9. The van der Waals surface area contributed by atoms with Gasteiger partial charge in [0.1, 0.15) is 17.9 Å². The van der Waals surface area contributed by atoms with E-state index in [1.807, 2.05) is 24.0 Å². The lowest BCUT2D eigenvalue weighted by Crippen LogP contribution is -2.54. The lowest BCUT2D eigenvalue weighted by atomic mass is 9.71. The van der Waals surface area contributed by atoms with Crippen LogP contribution in [0.25, 0.3) is 11.0 Å². The molecule has 5 rings (SSSR count). The number of likely N-dealkylation sites (tertiary alicyclic amines) is 1. The van der Waals surface area contributed by atoms with Gasteiger partial charge in [-0.3, -0.25) is 4.79 Å². The van der Waals surface area contributed by atoms with Crippen molar-refractivity contribution in [2.24, 2.45) is 5.92 Å². The van der Waals surface area contributed by atoms with Crippen molar-refractivity contribution < 1.29 is 19.1 Å². The van der Waals surface area contributed by atoms with Crippen molar-refractivity contribution >= 4 is 16.9 Å². The van der Waals surface area contributed by atoms with Crippen LogP contribution in [0, 0.1) is 47.5 Å². The van der Waals surface area contributed by atoms with E-state index in [0.29, 0.717) is 49.4 Å². The second kappa shape index (κ2) is 11.0. The van der Waals surface area contributed by atoms with Gasteiger partial charge in [-0.05, 0) is 118 Å². The molecule has 2 aliphatic rings. The molecule has 0 spiro atoms. The molecule has 214 valence electrons. The first-order valence-electron chi connectivity index (χ1n) is 14.7. The summed E-state index contributed by atoms with van der Waals surface area (Å²) in [7, 11) is 0. The number of piperidine rings is 1. The van der Waals surface area contributed by atoms with E-state index in [9.17, 15) is 14.7 Å². The predicted octanol–water partition coefficient (Wildman–Crippen LogP) is 6.31. The smallest absolute Gasteiger partial charge is 0.339 e. The first-order valence-corrected chi connectivity index (χ1v) is 14.7. The quantitative estimate of drug-likeness (QED) is 0.367. The number of ether oxygens (including phenoxy) is 1. The van der Waals surface area contributed by atoms with E-state index in [2.05, 4.69) is 34.6 Å². The number of carbonyl (C=O) groups excluding carboxylic acids is 1. The molecule has 1 amide bonds. The normalized spacial score (nSPS) is 21.0. The molecule has 1 saturated heterocycles. The Morgan fingerprint density at radius 3 is 2.40 bits per heavy atom. The highest BCUT2D eigenvalue weighted by atomic mass is 16.5. The van der Waals surface area contributed by atoms with Crippen molar-refractivity contribution in [3.05, 3.63) is 73.1 Å². The van der Waals surface area contributed by atoms with Crippen LogP contribution in [0.2, 0.25) is 0 Å². The predicted molar refractivity (Wildman–Crippen MR) is 158 cm³/mol. The lowest BCUT2D eigenvalue weighted by molar-refractivity contribution is -0.143. The average Bonchev–Trinajstić information content (AvgIpc) is 2.94. The minimum atomic E-state index is -0.608. The van der Waals surface area contributed by atoms with E-state index in [4.69, 9.17) is 9.15 Å². The number of rotatable bonds is 6. The third kappa shape index (κ3) is 5.18. The summed E-state index contributed by atoms with van der Waals surface area (Å²) in [5.41, 5.74) is 8.51. The van der Waals surface area contributed by atoms with Crippen LogP contribution in [-0.2, 0) is 17.8 Å². The maximum atomic E-state index is 13.1. The molecular formula is C34H43NO5. The third-order valence-corrected chi connectivity index (χ3v) is 10.2. The van der Waals surface area contributed by atoms with Gasteiger partial charge in [0.25, 0.3) is 0 Å². The topological polar surface area (TPSA) is 80.0 Å². The Balaban J connectivity index is 1.28. The Kier molecular flexibility index (Phi) is 7.84. The molecule has 2 aromatic carbocycles. The Morgan fingerprint density at radius 1 is 0.975 bits per heavy atom. The van der Waals surface area contributed by atoms with E-state index < -0.39 is 11.2 Å². The van der Waals surface area contributed by atoms with Crippen LogP contribution in [0.4, 0.5) is 0 Å². The molecule has 1 aromatic heterocycles. The molecule has 0 radical (unpaired) electrons. The van der Waals surface area contributed by atoms with Crippen LogP contribution in [0.15, 0.2) is 27.4 Å². The van der Waals surface area contributed by atoms with Gasteiger partial charge in [-0.1, -0.05) is 12.8 Å². The summed E-state index contributed by atoms with van der Waals surface area (Å²) < 4.78 is 11.9. The van der Waals surface area contributed by atoms with E-state index in [0.717, 1.165) is 36.6 Å². The standard InChI is InChI=1S/C34H43NO5/c1-20-21(2)23(4)30(24(5)22(20)3)19-39-27-10-11-28-25(6)29(33(37)40-31(28)17-27)12-13-32(36)35-16-15-34(38)14-8-7-9-26(34)18-35/h10-11,17,26,38H,7-9,12-16,18-19H2,1-6H3. The van der Waals surface area contributed by atoms with E-state index in [1.165, 1.54) is 33.4 Å². The Labute approximate surface area is 237 Å². The summed E-state index contributed by atoms with van der Waals surface area (Å²) in [6.45, 7) is 14.3. The number of aryl methyl sites for hydroxylation is 1. The van der Waals surface area contributed by atoms with Gasteiger partial charge in [0.2, 0.25) is 5.91 Å². The number of aliphatic hydroxyl groups is 1. The minimum absolute atomic E-state index is 0.0439. The molecular weight excluding hydrogens is 502 g/mol. The summed E-state index contributed by atoms with van der Waals surface area (Å²) >= 11 is 0. The molecule has 2 atom stereocenters. The van der Waals surface area contributed by atoms with Gasteiger partial charge >= 0.3 is 5.63 Å². The maximum Gasteiger partial charge on any atom is 0.339 e. The van der Waals surface area contributed by atoms with Gasteiger partial charge < -0.3 is 19.2 Å². The molecule has 3 aromatic rings. The fraction of sp³-hybridized carbons (Fsp3) is 0.529. The van der Waals surface area contributed by atoms with Crippen LogP contribution < -0.4 is 10.4 Å². The van der Waals surface area contributed by atoms with Crippen molar-refractivity contribution in [2.75, 3.05) is 13.1 Å². The van der Waals surface area contributed by atoms with Crippen molar-refractivity contribution in [1.82, 2.24) is 4.90 Å². The Morgan fingerprint density at radius 2 is 1.68 bits per heavy atom. The monoisotopic (exact) mass is 545 g/mol. The molecule has 1 N–H and O–H groups in total. The first-order chi connectivity index (χ1) is 19.0. The maximum absolute atomic E-state index is 13.1. The Bertz CT molecular complexity index is 1490. The summed E-state index contributed by atoms with van der Waals surface area (Å²) in [6.07, 6.45) is 5.25. The first kappa shape index (κ1) is 28.4. The number of hydrogen-bond donors (Lipinski definition) is 1. The second-order valence-electron chi connectivity index (χ2n) is 12.2. The zero-order valence-corrected chi connectivity index (χ0v) is 24.9. The molecule has 0 bridgehead atoms. The second-order valence-corrected chi connectivity index (χ2v) is 12.2. The van der Waals surface area contributed by atoms with Crippen molar-refractivity contribution in [2.45, 2.75) is 98.7 Å². The number of benzene rings is 2. The highest BCUT2D eigenvalue weighted by molar-refractivity contribution is 5.83. The van der Waals surface area contributed by atoms with Crippen LogP contribution in [-0.4, -0.2) is 34.6 Å².